The van der Waals surface area contributed by atoms with Crippen molar-refractivity contribution < 1.29 is 17.9 Å². The molecular formula is C22H20F3N7O2. The molecular weight excluding hydrogens is 451 g/mol. The smallest absolute Gasteiger partial charge is 0.401 e. The van der Waals surface area contributed by atoms with Crippen molar-refractivity contribution in [2.24, 2.45) is 4.99 Å². The highest BCUT2D eigenvalue weighted by Gasteiger charge is 2.29. The Balaban J connectivity index is 1.88. The van der Waals surface area contributed by atoms with E-state index in [2.05, 4.69) is 15.6 Å². The molecule has 1 aliphatic heterocycles. The van der Waals surface area contributed by atoms with E-state index in [1.54, 1.807) is 36.4 Å². The van der Waals surface area contributed by atoms with Gasteiger partial charge in [0.2, 0.25) is 0 Å². The normalized spacial score (nSPS) is 14.9. The second-order valence-corrected chi connectivity index (χ2v) is 7.36. The first-order chi connectivity index (χ1) is 16.2. The Kier molecular flexibility index (Phi) is 6.07. The monoisotopic (exact) mass is 471 g/mol. The minimum Gasteiger partial charge on any atom is -0.497 e. The first-order valence-electron chi connectivity index (χ1n) is 10.0. The predicted octanol–water partition coefficient (Wildman–Crippen LogP) is 2.53. The van der Waals surface area contributed by atoms with Crippen LogP contribution in [0.5, 0.6) is 5.75 Å². The summed E-state index contributed by atoms with van der Waals surface area (Å²) in [7, 11) is 1.51. The summed E-state index contributed by atoms with van der Waals surface area (Å²) < 4.78 is 45.8. The lowest BCUT2D eigenvalue weighted by Crippen LogP contribution is -2.43. The maximum absolute atomic E-state index is 13.6. The highest BCUT2D eigenvalue weighted by atomic mass is 19.4. The van der Waals surface area contributed by atoms with Crippen LogP contribution in [0.2, 0.25) is 0 Å². The van der Waals surface area contributed by atoms with Crippen LogP contribution < -0.4 is 26.4 Å². The lowest BCUT2D eigenvalue weighted by molar-refractivity contribution is -0.125. The molecule has 0 amide bonds. The second-order valence-electron chi connectivity index (χ2n) is 7.36. The van der Waals surface area contributed by atoms with Gasteiger partial charge in [0.05, 0.1) is 25.7 Å². The fourth-order valence-corrected chi connectivity index (χ4v) is 3.49. The SMILES string of the molecule is COc1ccc(-n2c3c(cc(-c4ccc(=N)n(C=N)c4)c2=O)C=NC(NCC(F)(F)F)N3)cc1. The number of halogens is 3. The van der Waals surface area contributed by atoms with Gasteiger partial charge in [-0.25, -0.2) is 0 Å². The van der Waals surface area contributed by atoms with Crippen LogP contribution in [0.15, 0.2) is 58.4 Å². The lowest BCUT2D eigenvalue weighted by Gasteiger charge is -2.26. The zero-order valence-corrected chi connectivity index (χ0v) is 17.8. The van der Waals surface area contributed by atoms with E-state index in [1.165, 1.54) is 34.7 Å². The van der Waals surface area contributed by atoms with E-state index in [4.69, 9.17) is 15.6 Å². The van der Waals surface area contributed by atoms with Gasteiger partial charge in [-0.05, 0) is 42.5 Å². The molecule has 2 aromatic heterocycles. The Morgan fingerprint density at radius 2 is 1.97 bits per heavy atom. The minimum absolute atomic E-state index is 0.0639. The molecule has 3 heterocycles. The van der Waals surface area contributed by atoms with Crippen LogP contribution in [-0.4, -0.2) is 47.8 Å². The maximum atomic E-state index is 13.6. The topological polar surface area (TPSA) is 120 Å². The Morgan fingerprint density at radius 3 is 2.62 bits per heavy atom. The van der Waals surface area contributed by atoms with Gasteiger partial charge in [-0.15, -0.1) is 0 Å². The van der Waals surface area contributed by atoms with Crippen LogP contribution >= 0.6 is 0 Å². The second kappa shape index (κ2) is 8.98. The van der Waals surface area contributed by atoms with E-state index in [0.29, 0.717) is 22.6 Å². The molecule has 1 aliphatic rings. The van der Waals surface area contributed by atoms with Gasteiger partial charge in [-0.3, -0.25) is 35.1 Å². The summed E-state index contributed by atoms with van der Waals surface area (Å²) in [5.74, 6) is 0.838. The van der Waals surface area contributed by atoms with Crippen molar-refractivity contribution in [3.8, 4) is 22.6 Å². The zero-order chi connectivity index (χ0) is 24.5. The molecule has 4 N–H and O–H groups in total. The van der Waals surface area contributed by atoms with E-state index >= 15 is 0 Å². The molecule has 176 valence electrons. The van der Waals surface area contributed by atoms with Gasteiger partial charge in [0.15, 0.2) is 6.29 Å². The summed E-state index contributed by atoms with van der Waals surface area (Å²) in [6, 6.07) is 11.2. The highest BCUT2D eigenvalue weighted by Crippen LogP contribution is 2.27. The van der Waals surface area contributed by atoms with Gasteiger partial charge in [0.1, 0.15) is 17.1 Å². The average Bonchev–Trinajstić information content (AvgIpc) is 2.82. The molecule has 12 heteroatoms. The van der Waals surface area contributed by atoms with Crippen LogP contribution in [0.25, 0.3) is 16.8 Å². The van der Waals surface area contributed by atoms with Gasteiger partial charge >= 0.3 is 6.18 Å². The molecule has 3 aromatic rings. The summed E-state index contributed by atoms with van der Waals surface area (Å²) in [6.07, 6.45) is -1.69. The number of fused-ring (bicyclic) bond motifs is 1. The van der Waals surface area contributed by atoms with Crippen LogP contribution in [-0.2, 0) is 0 Å². The molecule has 1 unspecified atom stereocenters. The van der Waals surface area contributed by atoms with E-state index in [9.17, 15) is 18.0 Å². The molecule has 4 rings (SSSR count). The minimum atomic E-state index is -4.43. The number of nitrogens with zero attached hydrogens (tertiary/aromatic N) is 3. The van der Waals surface area contributed by atoms with Gasteiger partial charge in [-0.1, -0.05) is 0 Å². The fourth-order valence-electron chi connectivity index (χ4n) is 3.49. The van der Waals surface area contributed by atoms with Gasteiger partial charge < -0.3 is 10.1 Å². The molecule has 0 radical (unpaired) electrons. The molecule has 0 bridgehead atoms. The van der Waals surface area contributed by atoms with E-state index < -0.39 is 24.6 Å². The zero-order valence-electron chi connectivity index (χ0n) is 17.8. The lowest BCUT2D eigenvalue weighted by atomic mass is 10.1. The number of hydrogen-bond acceptors (Lipinski definition) is 7. The van der Waals surface area contributed by atoms with Gasteiger partial charge in [-0.2, -0.15) is 13.2 Å². The number of hydrogen-bond donors (Lipinski definition) is 4. The molecule has 0 spiro atoms. The van der Waals surface area contributed by atoms with Crippen molar-refractivity contribution >= 4 is 18.4 Å². The Bertz CT molecular complexity index is 1380. The number of aromatic nitrogens is 2. The third kappa shape index (κ3) is 4.62. The summed E-state index contributed by atoms with van der Waals surface area (Å²) >= 11 is 0. The number of alkyl halides is 3. The van der Waals surface area contributed by atoms with Gasteiger partial charge in [0.25, 0.3) is 5.56 Å². The number of nitrogens with one attached hydrogen (secondary N) is 4. The summed E-state index contributed by atoms with van der Waals surface area (Å²) in [6.45, 7) is -1.26. The van der Waals surface area contributed by atoms with Crippen molar-refractivity contribution in [3.63, 3.8) is 0 Å². The van der Waals surface area contributed by atoms with Crippen molar-refractivity contribution in [1.29, 1.82) is 10.8 Å². The summed E-state index contributed by atoms with van der Waals surface area (Å²) in [5.41, 5.74) is 1.27. The third-order valence-corrected chi connectivity index (χ3v) is 5.12. The van der Waals surface area contributed by atoms with Crippen LogP contribution in [0.4, 0.5) is 19.0 Å². The number of rotatable bonds is 6. The maximum Gasteiger partial charge on any atom is 0.401 e. The molecule has 0 fully saturated rings. The molecule has 0 aliphatic carbocycles. The van der Waals surface area contributed by atoms with Crippen molar-refractivity contribution in [1.82, 2.24) is 14.5 Å². The van der Waals surface area contributed by atoms with E-state index in [1.807, 2.05) is 0 Å². The Hall–Kier alpha value is -4.19. The van der Waals surface area contributed by atoms with Crippen LogP contribution in [0.1, 0.15) is 5.56 Å². The first-order valence-corrected chi connectivity index (χ1v) is 10.0. The standard InChI is InChI=1S/C22H20F3N7O2/c1-34-16-5-3-15(4-6-16)32-19-14(9-28-21(30-19)29-11-22(23,24)25)8-17(20(32)33)13-2-7-18(27)31(10-13)12-26/h2-10,12,21,26-27,29-30H,11H2,1H3. The number of ether oxygens (including phenoxy) is 1. The van der Waals surface area contributed by atoms with E-state index in [0.717, 1.165) is 6.34 Å². The van der Waals surface area contributed by atoms with Crippen molar-refractivity contribution in [2.75, 3.05) is 19.0 Å². The highest BCUT2D eigenvalue weighted by molar-refractivity contribution is 5.91. The molecule has 0 saturated carbocycles. The fraction of sp³-hybridized carbons (Fsp3) is 0.182. The number of benzene rings is 1. The third-order valence-electron chi connectivity index (χ3n) is 5.12. The van der Waals surface area contributed by atoms with Crippen molar-refractivity contribution in [3.05, 3.63) is 70.1 Å². The number of aliphatic imine (C=N–C) groups is 1. The Labute approximate surface area is 191 Å². The first kappa shape index (κ1) is 23.0. The van der Waals surface area contributed by atoms with E-state index in [-0.39, 0.29) is 16.9 Å². The quantitative estimate of drug-likeness (QED) is 0.326. The largest absolute Gasteiger partial charge is 0.497 e. The number of methoxy groups -OCH3 is 1. The van der Waals surface area contributed by atoms with Crippen molar-refractivity contribution in [2.45, 2.75) is 12.5 Å². The van der Waals surface area contributed by atoms with Crippen LogP contribution in [0, 0.1) is 10.8 Å². The summed E-state index contributed by atoms with van der Waals surface area (Å²) in [4.78, 5) is 17.7. The van der Waals surface area contributed by atoms with Crippen LogP contribution in [0.3, 0.4) is 0 Å². The molecule has 9 nitrogen and oxygen atoms in total. The molecule has 0 saturated heterocycles. The average molecular weight is 471 g/mol. The molecule has 1 aromatic carbocycles. The Morgan fingerprint density at radius 1 is 1.24 bits per heavy atom. The summed E-state index contributed by atoms with van der Waals surface area (Å²) in [5, 5.41) is 20.5. The predicted molar refractivity (Wildman–Crippen MR) is 121 cm³/mol. The number of pyridine rings is 2. The molecule has 1 atom stereocenters. The molecule has 34 heavy (non-hydrogen) atoms. The van der Waals surface area contributed by atoms with Gasteiger partial charge in [0, 0.05) is 29.1 Å². The number of anilines is 1.